The molecule has 2 N–H and O–H groups in total. The van der Waals surface area contributed by atoms with Gasteiger partial charge in [0.15, 0.2) is 0 Å². The number of ether oxygens (including phenoxy) is 2. The van der Waals surface area contributed by atoms with Crippen LogP contribution in [-0.4, -0.2) is 53.2 Å². The molecule has 0 aliphatic rings. The third-order valence-corrected chi connectivity index (χ3v) is 5.36. The normalized spacial score (nSPS) is 12.0. The van der Waals surface area contributed by atoms with Gasteiger partial charge in [-0.2, -0.15) is 4.31 Å². The monoisotopic (exact) mass is 384 g/mol. The van der Waals surface area contributed by atoms with E-state index in [1.54, 1.807) is 0 Å². The van der Waals surface area contributed by atoms with E-state index in [1.807, 2.05) is 0 Å². The quantitative estimate of drug-likeness (QED) is 0.686. The molecule has 1 rings (SSSR count). The highest BCUT2D eigenvalue weighted by molar-refractivity contribution is 9.10. The lowest BCUT2D eigenvalue weighted by molar-refractivity contribution is 0.150. The van der Waals surface area contributed by atoms with Crippen LogP contribution >= 0.6 is 15.9 Å². The van der Waals surface area contributed by atoms with Crippen molar-refractivity contribution >= 4 is 31.6 Å². The van der Waals surface area contributed by atoms with Gasteiger partial charge in [-0.05, 0) is 28.1 Å². The molecule has 0 amide bonds. The summed E-state index contributed by atoms with van der Waals surface area (Å²) in [7, 11) is -1.10. The van der Waals surface area contributed by atoms with E-state index >= 15 is 0 Å². The van der Waals surface area contributed by atoms with Gasteiger partial charge >= 0.3 is 0 Å². The molecule has 0 aliphatic heterocycles. The van der Waals surface area contributed by atoms with Crippen LogP contribution in [0.2, 0.25) is 0 Å². The highest BCUT2D eigenvalue weighted by atomic mass is 79.9. The Balaban J connectivity index is 3.18. The maximum atomic E-state index is 14.0. The van der Waals surface area contributed by atoms with Crippen molar-refractivity contribution in [3.63, 3.8) is 0 Å². The average Bonchev–Trinajstić information content (AvgIpc) is 2.42. The first kappa shape index (κ1) is 18.3. The highest BCUT2D eigenvalue weighted by Gasteiger charge is 2.28. The van der Waals surface area contributed by atoms with Crippen molar-refractivity contribution in [2.24, 2.45) is 0 Å². The third kappa shape index (κ3) is 4.62. The minimum Gasteiger partial charge on any atom is -0.398 e. The van der Waals surface area contributed by atoms with Crippen molar-refractivity contribution < 1.29 is 22.3 Å². The summed E-state index contributed by atoms with van der Waals surface area (Å²) in [6.07, 6.45) is 0. The van der Waals surface area contributed by atoms with E-state index in [9.17, 15) is 12.8 Å². The van der Waals surface area contributed by atoms with E-state index in [1.165, 1.54) is 14.2 Å². The van der Waals surface area contributed by atoms with E-state index in [4.69, 9.17) is 15.2 Å². The van der Waals surface area contributed by atoms with Gasteiger partial charge < -0.3 is 15.2 Å². The summed E-state index contributed by atoms with van der Waals surface area (Å²) in [6.45, 7) is 0.572. The van der Waals surface area contributed by atoms with Crippen LogP contribution < -0.4 is 5.73 Å². The van der Waals surface area contributed by atoms with Gasteiger partial charge in [0, 0.05) is 37.5 Å². The van der Waals surface area contributed by atoms with Gasteiger partial charge in [-0.15, -0.1) is 0 Å². The van der Waals surface area contributed by atoms with Gasteiger partial charge in [0.05, 0.1) is 13.2 Å². The lowest BCUT2D eigenvalue weighted by Gasteiger charge is -2.22. The van der Waals surface area contributed by atoms with Crippen LogP contribution in [0, 0.1) is 5.82 Å². The summed E-state index contributed by atoms with van der Waals surface area (Å²) in [5, 5.41) is 0. The van der Waals surface area contributed by atoms with E-state index < -0.39 is 20.7 Å². The molecule has 1 aromatic rings. The number of hydrogen-bond donors (Lipinski definition) is 1. The maximum absolute atomic E-state index is 14.0. The van der Waals surface area contributed by atoms with Crippen LogP contribution in [0.4, 0.5) is 10.1 Å². The fraction of sp³-hybridized carbons (Fsp3) is 0.500. The molecule has 120 valence electrons. The molecule has 0 aromatic heterocycles. The second kappa shape index (κ2) is 8.04. The number of rotatable bonds is 8. The Morgan fingerprint density at radius 3 is 2.24 bits per heavy atom. The van der Waals surface area contributed by atoms with Gasteiger partial charge in [-0.25, -0.2) is 12.8 Å². The summed E-state index contributed by atoms with van der Waals surface area (Å²) < 4.78 is 50.2. The van der Waals surface area contributed by atoms with Gasteiger partial charge in [0.1, 0.15) is 10.7 Å². The lowest BCUT2D eigenvalue weighted by Crippen LogP contribution is -2.37. The Morgan fingerprint density at radius 1 is 1.24 bits per heavy atom. The molecule has 0 aliphatic carbocycles. The number of halogens is 2. The van der Waals surface area contributed by atoms with Crippen LogP contribution in [0.25, 0.3) is 0 Å². The van der Waals surface area contributed by atoms with Gasteiger partial charge in [0.25, 0.3) is 0 Å². The highest BCUT2D eigenvalue weighted by Crippen LogP contribution is 2.27. The zero-order valence-corrected chi connectivity index (χ0v) is 14.2. The van der Waals surface area contributed by atoms with Crippen LogP contribution in [0.5, 0.6) is 0 Å². The molecule has 0 heterocycles. The zero-order valence-electron chi connectivity index (χ0n) is 11.8. The molecular weight excluding hydrogens is 367 g/mol. The lowest BCUT2D eigenvalue weighted by atomic mass is 10.3. The van der Waals surface area contributed by atoms with Crippen LogP contribution in [0.1, 0.15) is 0 Å². The van der Waals surface area contributed by atoms with Gasteiger partial charge in [-0.1, -0.05) is 0 Å². The first-order valence-electron chi connectivity index (χ1n) is 6.07. The number of nitrogens with two attached hydrogens (primary N) is 1. The average molecular weight is 385 g/mol. The van der Waals surface area contributed by atoms with Crippen molar-refractivity contribution in [3.05, 3.63) is 22.4 Å². The van der Waals surface area contributed by atoms with E-state index in [-0.39, 0.29) is 32.0 Å². The minimum atomic E-state index is -4.02. The number of nitrogen functional groups attached to an aromatic ring is 1. The number of benzene rings is 1. The molecule has 0 unspecified atom stereocenters. The molecule has 0 spiro atoms. The molecule has 6 nitrogen and oxygen atoms in total. The minimum absolute atomic E-state index is 0.0948. The SMILES string of the molecule is COCCN(CCOC)S(=O)(=O)c1cc(N)c(Br)cc1F. The Kier molecular flexibility index (Phi) is 7.01. The van der Waals surface area contributed by atoms with Gasteiger partial charge in [-0.3, -0.25) is 0 Å². The largest absolute Gasteiger partial charge is 0.398 e. The number of methoxy groups -OCH3 is 2. The zero-order chi connectivity index (χ0) is 16.0. The van der Waals surface area contributed by atoms with Crippen molar-refractivity contribution in [3.8, 4) is 0 Å². The molecule has 1 aromatic carbocycles. The Labute approximate surface area is 132 Å². The fourth-order valence-corrected chi connectivity index (χ4v) is 3.42. The maximum Gasteiger partial charge on any atom is 0.246 e. The Hall–Kier alpha value is -0.740. The number of anilines is 1. The molecule has 0 saturated heterocycles. The van der Waals surface area contributed by atoms with Gasteiger partial charge in [0.2, 0.25) is 10.0 Å². The fourth-order valence-electron chi connectivity index (χ4n) is 1.62. The predicted molar refractivity (Wildman–Crippen MR) is 81.0 cm³/mol. The summed E-state index contributed by atoms with van der Waals surface area (Å²) >= 11 is 3.05. The first-order valence-corrected chi connectivity index (χ1v) is 8.30. The second-order valence-corrected chi connectivity index (χ2v) is 6.95. The molecule has 21 heavy (non-hydrogen) atoms. The smallest absolute Gasteiger partial charge is 0.246 e. The number of sulfonamides is 1. The first-order chi connectivity index (χ1) is 9.84. The molecule has 0 fully saturated rings. The topological polar surface area (TPSA) is 81.9 Å². The molecule has 9 heteroatoms. The third-order valence-electron chi connectivity index (χ3n) is 2.76. The Bertz CT molecular complexity index is 575. The second-order valence-electron chi connectivity index (χ2n) is 4.19. The van der Waals surface area contributed by atoms with Crippen molar-refractivity contribution in [2.45, 2.75) is 4.90 Å². The standard InChI is InChI=1S/C12H18BrFN2O4S/c1-19-5-3-16(4-6-20-2)21(17,18)12-8-11(15)9(13)7-10(12)14/h7-8H,3-6,15H2,1-2H3. The van der Waals surface area contributed by atoms with Crippen molar-refractivity contribution in [2.75, 3.05) is 46.3 Å². The molecule has 0 saturated carbocycles. The van der Waals surface area contributed by atoms with E-state index in [0.717, 1.165) is 16.4 Å². The molecule has 0 radical (unpaired) electrons. The summed E-state index contributed by atoms with van der Waals surface area (Å²) in [5.74, 6) is -0.865. The van der Waals surface area contributed by atoms with Crippen LogP contribution in [0.15, 0.2) is 21.5 Å². The Morgan fingerprint density at radius 2 is 1.76 bits per heavy atom. The van der Waals surface area contributed by atoms with Crippen molar-refractivity contribution in [1.82, 2.24) is 4.31 Å². The van der Waals surface area contributed by atoms with Crippen molar-refractivity contribution in [1.29, 1.82) is 0 Å². The summed E-state index contributed by atoms with van der Waals surface area (Å²) in [4.78, 5) is -0.463. The van der Waals surface area contributed by atoms with Crippen LogP contribution in [-0.2, 0) is 19.5 Å². The molecule has 0 atom stereocenters. The number of nitrogens with zero attached hydrogens (tertiary/aromatic N) is 1. The molecule has 0 bridgehead atoms. The predicted octanol–water partition coefficient (Wildman–Crippen LogP) is 1.45. The van der Waals surface area contributed by atoms with E-state index in [0.29, 0.717) is 4.47 Å². The summed E-state index contributed by atoms with van der Waals surface area (Å²) in [5.41, 5.74) is 5.79. The summed E-state index contributed by atoms with van der Waals surface area (Å²) in [6, 6.07) is 2.13. The molecular formula is C12H18BrFN2O4S. The van der Waals surface area contributed by atoms with Crippen LogP contribution in [0.3, 0.4) is 0 Å². The number of hydrogen-bond acceptors (Lipinski definition) is 5. The van der Waals surface area contributed by atoms with E-state index in [2.05, 4.69) is 15.9 Å².